The molecule has 3 atom stereocenters. The van der Waals surface area contributed by atoms with Gasteiger partial charge in [-0.3, -0.25) is 9.69 Å². The molecule has 0 aromatic rings. The minimum Gasteiger partial charge on any atom is -0.368 e. The lowest BCUT2D eigenvalue weighted by Gasteiger charge is -2.52. The molecule has 1 saturated carbocycles. The van der Waals surface area contributed by atoms with Crippen LogP contribution in [-0.2, 0) is 4.79 Å². The van der Waals surface area contributed by atoms with Crippen molar-refractivity contribution in [2.24, 2.45) is 23.5 Å². The van der Waals surface area contributed by atoms with E-state index in [1.807, 2.05) is 0 Å². The van der Waals surface area contributed by atoms with Crippen LogP contribution in [-0.4, -0.2) is 42.5 Å². The second-order valence-electron chi connectivity index (χ2n) is 7.12. The van der Waals surface area contributed by atoms with Crippen LogP contribution in [0.1, 0.15) is 46.5 Å². The van der Waals surface area contributed by atoms with Crippen LogP contribution < -0.4 is 11.1 Å². The number of primary amides is 1. The fourth-order valence-corrected chi connectivity index (χ4v) is 4.42. The summed E-state index contributed by atoms with van der Waals surface area (Å²) in [5.74, 6) is 1.40. The summed E-state index contributed by atoms with van der Waals surface area (Å²) in [5.41, 5.74) is 5.55. The molecule has 1 heterocycles. The van der Waals surface area contributed by atoms with Crippen LogP contribution in [0.15, 0.2) is 0 Å². The van der Waals surface area contributed by atoms with Crippen molar-refractivity contribution < 1.29 is 4.79 Å². The first-order valence-electron chi connectivity index (χ1n) is 8.24. The fourth-order valence-electron chi connectivity index (χ4n) is 4.42. The zero-order chi connectivity index (χ0) is 14.8. The van der Waals surface area contributed by atoms with Crippen LogP contribution in [0.3, 0.4) is 0 Å². The molecule has 0 bridgehead atoms. The van der Waals surface area contributed by atoms with Crippen LogP contribution in [0.5, 0.6) is 0 Å². The second kappa shape index (κ2) is 6.44. The molecule has 1 aliphatic carbocycles. The van der Waals surface area contributed by atoms with E-state index in [4.69, 9.17) is 5.73 Å². The molecule has 0 spiro atoms. The van der Waals surface area contributed by atoms with Gasteiger partial charge in [0.15, 0.2) is 0 Å². The Morgan fingerprint density at radius 2 is 2.05 bits per heavy atom. The average molecular weight is 281 g/mol. The number of hydrogen-bond donors (Lipinski definition) is 2. The summed E-state index contributed by atoms with van der Waals surface area (Å²) in [5, 5.41) is 3.43. The summed E-state index contributed by atoms with van der Waals surface area (Å²) >= 11 is 0. The first kappa shape index (κ1) is 15.8. The molecule has 116 valence electrons. The number of hydrogen-bond acceptors (Lipinski definition) is 3. The van der Waals surface area contributed by atoms with E-state index in [1.54, 1.807) is 0 Å². The lowest BCUT2D eigenvalue weighted by molar-refractivity contribution is -0.141. The van der Waals surface area contributed by atoms with Crippen molar-refractivity contribution in [3.63, 3.8) is 0 Å². The largest absolute Gasteiger partial charge is 0.368 e. The summed E-state index contributed by atoms with van der Waals surface area (Å²) < 4.78 is 0. The van der Waals surface area contributed by atoms with Crippen LogP contribution in [0, 0.1) is 17.8 Å². The third-order valence-corrected chi connectivity index (χ3v) is 5.38. The summed E-state index contributed by atoms with van der Waals surface area (Å²) in [6.07, 6.45) is 4.40. The van der Waals surface area contributed by atoms with Crippen molar-refractivity contribution >= 4 is 5.91 Å². The monoisotopic (exact) mass is 281 g/mol. The molecule has 2 rings (SSSR count). The van der Waals surface area contributed by atoms with Crippen LogP contribution >= 0.6 is 0 Å². The number of amides is 1. The van der Waals surface area contributed by atoms with E-state index in [9.17, 15) is 4.79 Å². The van der Waals surface area contributed by atoms with Gasteiger partial charge in [-0.15, -0.1) is 0 Å². The topological polar surface area (TPSA) is 58.4 Å². The number of nitrogens with zero attached hydrogens (tertiary/aromatic N) is 1. The van der Waals surface area contributed by atoms with E-state index < -0.39 is 5.54 Å². The highest BCUT2D eigenvalue weighted by Gasteiger charge is 2.52. The second-order valence-corrected chi connectivity index (χ2v) is 7.12. The Kier molecular flexibility index (Phi) is 5.08. The molecular formula is C16H31N3O. The summed E-state index contributed by atoms with van der Waals surface area (Å²) in [4.78, 5) is 14.9. The van der Waals surface area contributed by atoms with Gasteiger partial charge in [0, 0.05) is 19.6 Å². The SMILES string of the molecule is CC1CCC(C(C)C)C(C(N)=O)(N2CCCNCC2)C1. The molecule has 0 aromatic heterocycles. The molecule has 3 unspecified atom stereocenters. The quantitative estimate of drug-likeness (QED) is 0.826. The van der Waals surface area contributed by atoms with E-state index in [2.05, 4.69) is 31.0 Å². The lowest BCUT2D eigenvalue weighted by Crippen LogP contribution is -2.65. The molecule has 3 N–H and O–H groups in total. The Morgan fingerprint density at radius 3 is 2.70 bits per heavy atom. The van der Waals surface area contributed by atoms with Crippen LogP contribution in [0.25, 0.3) is 0 Å². The fraction of sp³-hybridized carbons (Fsp3) is 0.938. The Labute approximate surface area is 123 Å². The maximum atomic E-state index is 12.5. The Hall–Kier alpha value is -0.610. The van der Waals surface area contributed by atoms with E-state index in [1.165, 1.54) is 6.42 Å². The molecule has 1 amide bonds. The van der Waals surface area contributed by atoms with Crippen molar-refractivity contribution in [1.29, 1.82) is 0 Å². The third-order valence-electron chi connectivity index (χ3n) is 5.38. The van der Waals surface area contributed by atoms with Crippen molar-refractivity contribution in [1.82, 2.24) is 10.2 Å². The van der Waals surface area contributed by atoms with Crippen LogP contribution in [0.2, 0.25) is 0 Å². The summed E-state index contributed by atoms with van der Waals surface area (Å²) in [6.45, 7) is 10.7. The Morgan fingerprint density at radius 1 is 1.30 bits per heavy atom. The zero-order valence-electron chi connectivity index (χ0n) is 13.3. The van der Waals surface area contributed by atoms with Gasteiger partial charge in [0.05, 0.1) is 0 Å². The lowest BCUT2D eigenvalue weighted by atomic mass is 9.63. The van der Waals surface area contributed by atoms with Gasteiger partial charge < -0.3 is 11.1 Å². The first-order valence-corrected chi connectivity index (χ1v) is 8.24. The van der Waals surface area contributed by atoms with Gasteiger partial charge in [0.25, 0.3) is 0 Å². The highest BCUT2D eigenvalue weighted by Crippen LogP contribution is 2.44. The zero-order valence-corrected chi connectivity index (χ0v) is 13.3. The smallest absolute Gasteiger partial charge is 0.238 e. The standard InChI is InChI=1S/C16H31N3O/c1-12(2)14-6-5-13(3)11-16(14,15(17)20)19-9-4-7-18-8-10-19/h12-14,18H,4-11H2,1-3H3,(H2,17,20). The van der Waals surface area contributed by atoms with E-state index >= 15 is 0 Å². The molecule has 2 fully saturated rings. The van der Waals surface area contributed by atoms with Gasteiger partial charge in [0.2, 0.25) is 5.91 Å². The maximum Gasteiger partial charge on any atom is 0.238 e. The van der Waals surface area contributed by atoms with E-state index in [-0.39, 0.29) is 5.91 Å². The molecule has 4 nitrogen and oxygen atoms in total. The number of nitrogens with one attached hydrogen (secondary N) is 1. The molecule has 0 aromatic carbocycles. The van der Waals surface area contributed by atoms with Gasteiger partial charge >= 0.3 is 0 Å². The van der Waals surface area contributed by atoms with Gasteiger partial charge in [-0.1, -0.05) is 27.2 Å². The average Bonchev–Trinajstić information content (AvgIpc) is 2.66. The van der Waals surface area contributed by atoms with Crippen molar-refractivity contribution in [3.8, 4) is 0 Å². The van der Waals surface area contributed by atoms with Gasteiger partial charge in [-0.2, -0.15) is 0 Å². The molecular weight excluding hydrogens is 250 g/mol. The predicted octanol–water partition coefficient (Wildman–Crippen LogP) is 1.60. The molecule has 0 radical (unpaired) electrons. The van der Waals surface area contributed by atoms with Gasteiger partial charge in [-0.25, -0.2) is 0 Å². The molecule has 2 aliphatic rings. The number of carbonyl (C=O) groups excluding carboxylic acids is 1. The normalized spacial score (nSPS) is 36.8. The number of rotatable bonds is 3. The molecule has 1 saturated heterocycles. The first-order chi connectivity index (χ1) is 9.48. The molecule has 20 heavy (non-hydrogen) atoms. The van der Waals surface area contributed by atoms with Crippen molar-refractivity contribution in [3.05, 3.63) is 0 Å². The summed E-state index contributed by atoms with van der Waals surface area (Å²) in [6, 6.07) is 0. The predicted molar refractivity (Wildman–Crippen MR) is 82.3 cm³/mol. The number of carbonyl (C=O) groups is 1. The Balaban J connectivity index is 2.34. The molecule has 1 aliphatic heterocycles. The minimum atomic E-state index is -0.419. The van der Waals surface area contributed by atoms with Gasteiger partial charge in [0.1, 0.15) is 5.54 Å². The molecule has 4 heteroatoms. The minimum absolute atomic E-state index is 0.0929. The highest BCUT2D eigenvalue weighted by molar-refractivity contribution is 5.85. The highest BCUT2D eigenvalue weighted by atomic mass is 16.1. The number of nitrogens with two attached hydrogens (primary N) is 1. The maximum absolute atomic E-state index is 12.5. The van der Waals surface area contributed by atoms with Crippen LogP contribution in [0.4, 0.5) is 0 Å². The van der Waals surface area contributed by atoms with Gasteiger partial charge in [-0.05, 0) is 43.6 Å². The van der Waals surface area contributed by atoms with Crippen molar-refractivity contribution in [2.45, 2.75) is 52.0 Å². The van der Waals surface area contributed by atoms with E-state index in [0.717, 1.165) is 45.4 Å². The van der Waals surface area contributed by atoms with E-state index in [0.29, 0.717) is 17.8 Å². The third kappa shape index (κ3) is 2.86. The Bertz CT molecular complexity index is 337. The summed E-state index contributed by atoms with van der Waals surface area (Å²) in [7, 11) is 0. The van der Waals surface area contributed by atoms with Crippen molar-refractivity contribution in [2.75, 3.05) is 26.2 Å².